The maximum Gasteiger partial charge on any atom is 0.259 e. The molecule has 0 aliphatic carbocycles. The summed E-state index contributed by atoms with van der Waals surface area (Å²) in [6.07, 6.45) is 1.74. The molecule has 0 amide bonds. The summed E-state index contributed by atoms with van der Waals surface area (Å²) in [5, 5.41) is 19.3. The molecule has 1 aromatic carbocycles. The van der Waals surface area contributed by atoms with Crippen molar-refractivity contribution in [3.8, 4) is 23.5 Å². The SMILES string of the molecule is N#Cc1nc2c(-c3nc4ccc(Br)cc4c(=O)[nH]3)c(N)n(C[C@@H]3CCCO3)c2nc1C#N. The molecule has 0 bridgehead atoms. The minimum absolute atomic E-state index is 0.0651. The fourth-order valence-electron chi connectivity index (χ4n) is 3.95. The van der Waals surface area contributed by atoms with Gasteiger partial charge < -0.3 is 20.0 Å². The van der Waals surface area contributed by atoms with Crippen molar-refractivity contribution in [1.82, 2.24) is 24.5 Å². The zero-order chi connectivity index (χ0) is 22.4. The van der Waals surface area contributed by atoms with Crippen molar-refractivity contribution in [2.45, 2.75) is 25.5 Å². The summed E-state index contributed by atoms with van der Waals surface area (Å²) in [4.78, 5) is 28.9. The van der Waals surface area contributed by atoms with Gasteiger partial charge in [0.15, 0.2) is 17.0 Å². The van der Waals surface area contributed by atoms with Gasteiger partial charge in [0.25, 0.3) is 5.56 Å². The molecule has 0 radical (unpaired) electrons. The Hall–Kier alpha value is -3.80. The van der Waals surface area contributed by atoms with Crippen molar-refractivity contribution in [3.63, 3.8) is 0 Å². The number of H-pyrrole nitrogens is 1. The van der Waals surface area contributed by atoms with Crippen LogP contribution in [0.4, 0.5) is 5.82 Å². The third kappa shape index (κ3) is 3.19. The molecule has 1 fully saturated rings. The Bertz CT molecular complexity index is 1540. The number of ether oxygens (including phenoxy) is 1. The van der Waals surface area contributed by atoms with Gasteiger partial charge in [0, 0.05) is 11.1 Å². The third-order valence-electron chi connectivity index (χ3n) is 5.44. The number of nitrogens with two attached hydrogens (primary N) is 1. The van der Waals surface area contributed by atoms with Gasteiger partial charge in [-0.05, 0) is 31.0 Å². The molecular weight excluding hydrogens is 476 g/mol. The molecule has 32 heavy (non-hydrogen) atoms. The van der Waals surface area contributed by atoms with Crippen molar-refractivity contribution < 1.29 is 4.74 Å². The molecular formula is C21H15BrN8O2. The average molecular weight is 491 g/mol. The van der Waals surface area contributed by atoms with E-state index in [-0.39, 0.29) is 40.2 Å². The highest BCUT2D eigenvalue weighted by atomic mass is 79.9. The Morgan fingerprint density at radius 2 is 2.03 bits per heavy atom. The topological polar surface area (TPSA) is 159 Å². The second kappa shape index (κ2) is 7.71. The molecule has 1 aliphatic rings. The quantitative estimate of drug-likeness (QED) is 0.442. The lowest BCUT2D eigenvalue weighted by Crippen LogP contribution is -2.17. The molecule has 1 saturated heterocycles. The minimum atomic E-state index is -0.340. The second-order valence-corrected chi connectivity index (χ2v) is 8.31. The van der Waals surface area contributed by atoms with Crippen LogP contribution in [0.3, 0.4) is 0 Å². The maximum atomic E-state index is 12.8. The Labute approximate surface area is 189 Å². The van der Waals surface area contributed by atoms with E-state index in [1.807, 2.05) is 12.1 Å². The number of nitriles is 2. The van der Waals surface area contributed by atoms with Crippen LogP contribution in [0.2, 0.25) is 0 Å². The number of rotatable bonds is 3. The van der Waals surface area contributed by atoms with Crippen molar-refractivity contribution in [3.05, 3.63) is 44.4 Å². The lowest BCUT2D eigenvalue weighted by Gasteiger charge is -2.13. The van der Waals surface area contributed by atoms with E-state index in [9.17, 15) is 15.3 Å². The van der Waals surface area contributed by atoms with E-state index in [0.29, 0.717) is 35.3 Å². The van der Waals surface area contributed by atoms with Gasteiger partial charge in [-0.15, -0.1) is 0 Å². The van der Waals surface area contributed by atoms with Gasteiger partial charge in [-0.25, -0.2) is 15.0 Å². The van der Waals surface area contributed by atoms with Gasteiger partial charge in [0.1, 0.15) is 29.3 Å². The minimum Gasteiger partial charge on any atom is -0.384 e. The number of benzene rings is 1. The van der Waals surface area contributed by atoms with Crippen molar-refractivity contribution >= 4 is 43.8 Å². The standard InChI is InChI=1S/C21H15BrN8O2/c22-10-3-4-13-12(6-10)21(31)29-19(27-13)16-17-20(28-15(8-24)14(7-23)26-17)30(18(16)25)9-11-2-1-5-32-11/h3-4,6,11H,1-2,5,9,25H2,(H,27,29,31)/t11-/m0/s1. The number of hydrogen-bond donors (Lipinski definition) is 2. The first-order valence-electron chi connectivity index (χ1n) is 9.81. The van der Waals surface area contributed by atoms with Crippen LogP contribution in [0.1, 0.15) is 24.2 Å². The molecule has 4 heterocycles. The van der Waals surface area contributed by atoms with E-state index in [1.165, 1.54) is 0 Å². The van der Waals surface area contributed by atoms with Gasteiger partial charge in [-0.1, -0.05) is 15.9 Å². The van der Waals surface area contributed by atoms with Gasteiger partial charge in [0.05, 0.1) is 29.1 Å². The molecule has 3 aromatic heterocycles. The van der Waals surface area contributed by atoms with Crippen LogP contribution in [-0.4, -0.2) is 37.2 Å². The van der Waals surface area contributed by atoms with E-state index in [2.05, 4.69) is 35.9 Å². The highest BCUT2D eigenvalue weighted by Crippen LogP contribution is 2.35. The van der Waals surface area contributed by atoms with E-state index < -0.39 is 0 Å². The summed E-state index contributed by atoms with van der Waals surface area (Å²) < 4.78 is 8.21. The van der Waals surface area contributed by atoms with Gasteiger partial charge >= 0.3 is 0 Å². The van der Waals surface area contributed by atoms with Crippen LogP contribution in [0.15, 0.2) is 27.5 Å². The number of aromatic amines is 1. The molecule has 1 atom stereocenters. The summed E-state index contributed by atoms with van der Waals surface area (Å²) >= 11 is 3.36. The number of nitrogens with zero attached hydrogens (tertiary/aromatic N) is 6. The number of hydrogen-bond acceptors (Lipinski definition) is 8. The molecule has 158 valence electrons. The zero-order valence-corrected chi connectivity index (χ0v) is 18.2. The highest BCUT2D eigenvalue weighted by Gasteiger charge is 2.26. The maximum absolute atomic E-state index is 12.8. The van der Waals surface area contributed by atoms with Gasteiger partial charge in [-0.3, -0.25) is 4.79 Å². The summed E-state index contributed by atoms with van der Waals surface area (Å²) in [6.45, 7) is 1.07. The highest BCUT2D eigenvalue weighted by molar-refractivity contribution is 9.10. The number of nitrogen functional groups attached to an aromatic ring is 1. The van der Waals surface area contributed by atoms with Crippen LogP contribution in [-0.2, 0) is 11.3 Å². The number of nitrogens with one attached hydrogen (secondary N) is 1. The molecule has 0 spiro atoms. The first kappa shape index (κ1) is 20.1. The van der Waals surface area contributed by atoms with Crippen LogP contribution >= 0.6 is 15.9 Å². The number of fused-ring (bicyclic) bond motifs is 2. The van der Waals surface area contributed by atoms with E-state index in [0.717, 1.165) is 17.3 Å². The molecule has 10 nitrogen and oxygen atoms in total. The Balaban J connectivity index is 1.81. The van der Waals surface area contributed by atoms with Crippen molar-refractivity contribution in [1.29, 1.82) is 10.5 Å². The number of anilines is 1. The molecule has 0 saturated carbocycles. The first-order valence-corrected chi connectivity index (χ1v) is 10.6. The molecule has 3 N–H and O–H groups in total. The zero-order valence-electron chi connectivity index (χ0n) is 16.6. The van der Waals surface area contributed by atoms with Crippen LogP contribution in [0.25, 0.3) is 33.5 Å². The Morgan fingerprint density at radius 3 is 2.75 bits per heavy atom. The number of halogens is 1. The summed E-state index contributed by atoms with van der Waals surface area (Å²) in [5.41, 5.74) is 7.42. The lowest BCUT2D eigenvalue weighted by molar-refractivity contribution is 0.0983. The van der Waals surface area contributed by atoms with E-state index in [1.54, 1.807) is 22.8 Å². The number of aromatic nitrogens is 5. The largest absolute Gasteiger partial charge is 0.384 e. The molecule has 0 unspecified atom stereocenters. The van der Waals surface area contributed by atoms with Gasteiger partial charge in [0.2, 0.25) is 0 Å². The Morgan fingerprint density at radius 1 is 1.25 bits per heavy atom. The second-order valence-electron chi connectivity index (χ2n) is 7.40. The van der Waals surface area contributed by atoms with Crippen LogP contribution in [0, 0.1) is 22.7 Å². The Kier molecular flexibility index (Phi) is 4.85. The molecule has 5 rings (SSSR count). The summed E-state index contributed by atoms with van der Waals surface area (Å²) in [7, 11) is 0. The molecule has 4 aromatic rings. The van der Waals surface area contributed by atoms with Crippen LogP contribution < -0.4 is 11.3 Å². The smallest absolute Gasteiger partial charge is 0.259 e. The fraction of sp³-hybridized carbons (Fsp3) is 0.238. The van der Waals surface area contributed by atoms with Crippen molar-refractivity contribution in [2.75, 3.05) is 12.3 Å². The summed E-state index contributed by atoms with van der Waals surface area (Å²) in [6, 6.07) is 9.00. The average Bonchev–Trinajstić information content (AvgIpc) is 3.39. The molecule has 1 aliphatic heterocycles. The van der Waals surface area contributed by atoms with Crippen molar-refractivity contribution in [2.24, 2.45) is 0 Å². The first-order chi connectivity index (χ1) is 15.5. The summed E-state index contributed by atoms with van der Waals surface area (Å²) in [5.74, 6) is 0.482. The fourth-order valence-corrected chi connectivity index (χ4v) is 4.31. The normalized spacial score (nSPS) is 15.8. The predicted molar refractivity (Wildman–Crippen MR) is 119 cm³/mol. The predicted octanol–water partition coefficient (Wildman–Crippen LogP) is 2.60. The lowest BCUT2D eigenvalue weighted by atomic mass is 10.2. The molecule has 11 heteroatoms. The van der Waals surface area contributed by atoms with Crippen LogP contribution in [0.5, 0.6) is 0 Å². The van der Waals surface area contributed by atoms with Gasteiger partial charge in [-0.2, -0.15) is 10.5 Å². The monoisotopic (exact) mass is 490 g/mol. The third-order valence-corrected chi connectivity index (χ3v) is 5.94. The van der Waals surface area contributed by atoms with E-state index >= 15 is 0 Å². The van der Waals surface area contributed by atoms with E-state index in [4.69, 9.17) is 10.5 Å².